The van der Waals surface area contributed by atoms with Crippen LogP contribution in [-0.2, 0) is 20.7 Å². The van der Waals surface area contributed by atoms with Crippen molar-refractivity contribution < 1.29 is 14.3 Å². The third-order valence-electron chi connectivity index (χ3n) is 5.55. The van der Waals surface area contributed by atoms with Gasteiger partial charge in [0.2, 0.25) is 23.8 Å². The molecule has 0 saturated carbocycles. The molecule has 0 fully saturated rings. The van der Waals surface area contributed by atoms with Gasteiger partial charge >= 0.3 is 0 Å². The molecule has 0 saturated heterocycles. The molecule has 0 unspecified atom stereocenters. The Kier molecular flexibility index (Phi) is 14.9. The number of carbonyl (C=O) groups excluding carboxylic acids is 1. The molecule has 11 nitrogen and oxygen atoms in total. The first-order chi connectivity index (χ1) is 18.1. The monoisotopic (exact) mass is 516 g/mol. The second-order valence-corrected chi connectivity index (χ2v) is 8.61. The first-order valence-corrected chi connectivity index (χ1v) is 13.3. The smallest absolute Gasteiger partial charge is 0.233 e. The van der Waals surface area contributed by atoms with Crippen LogP contribution >= 0.6 is 0 Å². The van der Waals surface area contributed by atoms with E-state index < -0.39 is 0 Å². The van der Waals surface area contributed by atoms with Crippen LogP contribution in [0.15, 0.2) is 24.3 Å². The summed E-state index contributed by atoms with van der Waals surface area (Å²) in [5, 5.41) is 12.8. The van der Waals surface area contributed by atoms with Crippen LogP contribution in [0.2, 0.25) is 0 Å². The summed E-state index contributed by atoms with van der Waals surface area (Å²) in [6.45, 7) is 10.1. The summed E-state index contributed by atoms with van der Waals surface area (Å²) >= 11 is 0. The Balaban J connectivity index is 1.88. The summed E-state index contributed by atoms with van der Waals surface area (Å²) in [5.41, 5.74) is 7.09. The first-order valence-electron chi connectivity index (χ1n) is 13.3. The lowest BCUT2D eigenvalue weighted by Gasteiger charge is -2.16. The Hall–Kier alpha value is -3.02. The normalized spacial score (nSPS) is 10.9. The molecule has 2 aromatic rings. The summed E-state index contributed by atoms with van der Waals surface area (Å²) in [6.07, 6.45) is 4.38. The van der Waals surface area contributed by atoms with Gasteiger partial charge < -0.3 is 36.5 Å². The standard InChI is InChI=1S/C26H44N8O3/c1-4-7-13-29-24-32-25(30-21(5-2)6-3)34-26(33-24)31-22-10-8-20(9-11-22)19-23(35)28-14-16-37-18-17-36-15-12-27/h8-11,21H,4-7,12-19,27H2,1-3H3,(H,28,35)(H3,29,30,31,32,33,34). The Morgan fingerprint density at radius 3 is 2.24 bits per heavy atom. The minimum absolute atomic E-state index is 0.0546. The number of hydrogen-bond donors (Lipinski definition) is 5. The van der Waals surface area contributed by atoms with Gasteiger partial charge in [-0.15, -0.1) is 0 Å². The van der Waals surface area contributed by atoms with Gasteiger partial charge in [0, 0.05) is 31.4 Å². The quantitative estimate of drug-likeness (QED) is 0.166. The molecule has 2 rings (SSSR count). The molecule has 0 aliphatic carbocycles. The van der Waals surface area contributed by atoms with Crippen molar-refractivity contribution in [3.8, 4) is 0 Å². The highest BCUT2D eigenvalue weighted by molar-refractivity contribution is 5.78. The predicted molar refractivity (Wildman–Crippen MR) is 148 cm³/mol. The van der Waals surface area contributed by atoms with Crippen molar-refractivity contribution in [3.05, 3.63) is 29.8 Å². The first kappa shape index (κ1) is 30.2. The van der Waals surface area contributed by atoms with Gasteiger partial charge in [0.1, 0.15) is 0 Å². The van der Waals surface area contributed by atoms with Crippen molar-refractivity contribution in [2.24, 2.45) is 5.73 Å². The van der Waals surface area contributed by atoms with Gasteiger partial charge in [0.15, 0.2) is 0 Å². The van der Waals surface area contributed by atoms with Crippen LogP contribution in [0, 0.1) is 0 Å². The number of carbonyl (C=O) groups is 1. The van der Waals surface area contributed by atoms with Crippen LogP contribution in [0.5, 0.6) is 0 Å². The molecule has 1 amide bonds. The molecule has 0 spiro atoms. The van der Waals surface area contributed by atoms with E-state index in [-0.39, 0.29) is 5.91 Å². The zero-order valence-electron chi connectivity index (χ0n) is 22.5. The highest BCUT2D eigenvalue weighted by atomic mass is 16.5. The number of aromatic nitrogens is 3. The Labute approximate surface area is 220 Å². The molecule has 6 N–H and O–H groups in total. The maximum Gasteiger partial charge on any atom is 0.233 e. The van der Waals surface area contributed by atoms with Gasteiger partial charge in [-0.1, -0.05) is 39.3 Å². The Morgan fingerprint density at radius 1 is 0.892 bits per heavy atom. The molecule has 37 heavy (non-hydrogen) atoms. The molecule has 0 radical (unpaired) electrons. The van der Waals surface area contributed by atoms with E-state index in [0.717, 1.165) is 43.5 Å². The minimum atomic E-state index is -0.0546. The van der Waals surface area contributed by atoms with Crippen molar-refractivity contribution >= 4 is 29.4 Å². The summed E-state index contributed by atoms with van der Waals surface area (Å²) in [4.78, 5) is 25.8. The summed E-state index contributed by atoms with van der Waals surface area (Å²) in [6, 6.07) is 7.95. The highest BCUT2D eigenvalue weighted by Gasteiger charge is 2.11. The van der Waals surface area contributed by atoms with Crippen LogP contribution in [0.1, 0.15) is 52.0 Å². The van der Waals surface area contributed by atoms with E-state index in [0.29, 0.717) is 69.8 Å². The van der Waals surface area contributed by atoms with Crippen LogP contribution in [0.3, 0.4) is 0 Å². The lowest BCUT2D eigenvalue weighted by molar-refractivity contribution is -0.120. The van der Waals surface area contributed by atoms with Crippen LogP contribution in [-0.4, -0.2) is 73.0 Å². The second-order valence-electron chi connectivity index (χ2n) is 8.61. The van der Waals surface area contributed by atoms with Crippen molar-refractivity contribution in [2.45, 2.75) is 58.9 Å². The average Bonchev–Trinajstić information content (AvgIpc) is 2.90. The number of nitrogens with zero attached hydrogens (tertiary/aromatic N) is 3. The van der Waals surface area contributed by atoms with E-state index in [4.69, 9.17) is 15.2 Å². The number of amides is 1. The number of rotatable bonds is 20. The predicted octanol–water partition coefficient (Wildman–Crippen LogP) is 3.08. The number of benzene rings is 1. The molecule has 206 valence electrons. The molecular weight excluding hydrogens is 472 g/mol. The molecule has 0 bridgehead atoms. The van der Waals surface area contributed by atoms with Crippen LogP contribution in [0.25, 0.3) is 0 Å². The fourth-order valence-electron chi connectivity index (χ4n) is 3.38. The molecular formula is C26H44N8O3. The molecule has 1 aromatic carbocycles. The zero-order chi connectivity index (χ0) is 26.7. The van der Waals surface area contributed by atoms with E-state index in [1.54, 1.807) is 0 Å². The van der Waals surface area contributed by atoms with Crippen molar-refractivity contribution in [3.63, 3.8) is 0 Å². The number of hydrogen-bond acceptors (Lipinski definition) is 10. The largest absolute Gasteiger partial charge is 0.378 e. The minimum Gasteiger partial charge on any atom is -0.378 e. The van der Waals surface area contributed by atoms with Gasteiger partial charge in [0.25, 0.3) is 0 Å². The highest BCUT2D eigenvalue weighted by Crippen LogP contribution is 2.18. The fourth-order valence-corrected chi connectivity index (χ4v) is 3.38. The molecule has 1 heterocycles. The molecule has 11 heteroatoms. The topological polar surface area (TPSA) is 148 Å². The Bertz CT molecular complexity index is 894. The van der Waals surface area contributed by atoms with Gasteiger partial charge in [-0.05, 0) is 37.0 Å². The summed E-state index contributed by atoms with van der Waals surface area (Å²) in [5.74, 6) is 1.49. The third kappa shape index (κ3) is 12.7. The van der Waals surface area contributed by atoms with E-state index >= 15 is 0 Å². The fraction of sp³-hybridized carbons (Fsp3) is 0.615. The van der Waals surface area contributed by atoms with Gasteiger partial charge in [-0.2, -0.15) is 15.0 Å². The van der Waals surface area contributed by atoms with Crippen molar-refractivity contribution in [1.29, 1.82) is 0 Å². The van der Waals surface area contributed by atoms with E-state index in [1.807, 2.05) is 24.3 Å². The molecule has 0 aliphatic heterocycles. The van der Waals surface area contributed by atoms with Crippen LogP contribution < -0.4 is 27.0 Å². The Morgan fingerprint density at radius 2 is 1.57 bits per heavy atom. The summed E-state index contributed by atoms with van der Waals surface area (Å²) in [7, 11) is 0. The van der Waals surface area contributed by atoms with Crippen LogP contribution in [0.4, 0.5) is 23.5 Å². The summed E-state index contributed by atoms with van der Waals surface area (Å²) < 4.78 is 10.6. The van der Waals surface area contributed by atoms with Crippen molar-refractivity contribution in [2.75, 3.05) is 62.0 Å². The molecule has 0 atom stereocenters. The maximum atomic E-state index is 12.2. The van der Waals surface area contributed by atoms with Gasteiger partial charge in [0.05, 0.1) is 32.8 Å². The maximum absolute atomic E-state index is 12.2. The lowest BCUT2D eigenvalue weighted by Crippen LogP contribution is -2.29. The van der Waals surface area contributed by atoms with E-state index in [9.17, 15) is 4.79 Å². The zero-order valence-corrected chi connectivity index (χ0v) is 22.5. The number of nitrogens with two attached hydrogens (primary N) is 1. The van der Waals surface area contributed by atoms with Gasteiger partial charge in [-0.3, -0.25) is 4.79 Å². The lowest BCUT2D eigenvalue weighted by atomic mass is 10.1. The van der Waals surface area contributed by atoms with E-state index in [2.05, 4.69) is 57.0 Å². The SMILES string of the molecule is CCCCNc1nc(Nc2ccc(CC(=O)NCCOCCOCCN)cc2)nc(NC(CC)CC)n1. The van der Waals surface area contributed by atoms with E-state index in [1.165, 1.54) is 0 Å². The number of ether oxygens (including phenoxy) is 2. The average molecular weight is 517 g/mol. The number of anilines is 4. The number of nitrogens with one attached hydrogen (secondary N) is 4. The molecule has 1 aromatic heterocycles. The second kappa shape index (κ2) is 18.3. The van der Waals surface area contributed by atoms with Gasteiger partial charge in [-0.25, -0.2) is 0 Å². The van der Waals surface area contributed by atoms with Crippen molar-refractivity contribution in [1.82, 2.24) is 20.3 Å². The number of unbranched alkanes of at least 4 members (excludes halogenated alkanes) is 1. The third-order valence-corrected chi connectivity index (χ3v) is 5.55. The molecule has 0 aliphatic rings.